The molecule has 7 heteroatoms. The Morgan fingerprint density at radius 1 is 1.23 bits per heavy atom. The van der Waals surface area contributed by atoms with E-state index in [2.05, 4.69) is 33.9 Å². The average molecular weight is 424 g/mol. The van der Waals surface area contributed by atoms with Crippen LogP contribution in [0.15, 0.2) is 36.5 Å². The summed E-state index contributed by atoms with van der Waals surface area (Å²) < 4.78 is 6.22. The van der Waals surface area contributed by atoms with E-state index in [1.54, 1.807) is 0 Å². The van der Waals surface area contributed by atoms with E-state index in [1.165, 1.54) is 19.8 Å². The van der Waals surface area contributed by atoms with Crippen LogP contribution < -0.4 is 19.9 Å². The molecule has 0 bridgehead atoms. The molecule has 2 aliphatic heterocycles. The topological polar surface area (TPSA) is 70.6 Å². The second-order valence-electron chi connectivity index (χ2n) is 9.25. The molecule has 2 aliphatic rings. The number of aromatic nitrogens is 2. The predicted molar refractivity (Wildman–Crippen MR) is 123 cm³/mol. The summed E-state index contributed by atoms with van der Waals surface area (Å²) in [6.45, 7) is 10.8. The number of nitrogens with zero attached hydrogens (tertiary/aromatic N) is 4. The smallest absolute Gasteiger partial charge is 0.227 e. The zero-order valence-corrected chi connectivity index (χ0v) is 19.0. The number of rotatable bonds is 6. The molecule has 3 heterocycles. The molecule has 1 aromatic carbocycles. The van der Waals surface area contributed by atoms with Crippen LogP contribution in [0.3, 0.4) is 0 Å². The maximum absolute atomic E-state index is 11.2. The van der Waals surface area contributed by atoms with Gasteiger partial charge in [0.1, 0.15) is 17.7 Å². The molecule has 0 spiro atoms. The lowest BCUT2D eigenvalue weighted by Crippen LogP contribution is -2.39. The monoisotopic (exact) mass is 423 g/mol. The van der Waals surface area contributed by atoms with Crippen LogP contribution in [0.25, 0.3) is 0 Å². The number of anilines is 2. The Bertz CT molecular complexity index is 914. The van der Waals surface area contributed by atoms with E-state index in [0.29, 0.717) is 0 Å². The SMILES string of the molecule is CC(=O)N[C@@H](C)c1ccc(O[C@@H]2CCN(c3ccnc(N4CCCC4(C)C)n3)C2)cc1. The molecule has 2 atom stereocenters. The van der Waals surface area contributed by atoms with Crippen molar-refractivity contribution < 1.29 is 9.53 Å². The van der Waals surface area contributed by atoms with E-state index in [0.717, 1.165) is 49.1 Å². The number of nitrogens with one attached hydrogen (secondary N) is 1. The third kappa shape index (κ3) is 4.92. The van der Waals surface area contributed by atoms with Gasteiger partial charge in [-0.15, -0.1) is 0 Å². The fraction of sp³-hybridized carbons (Fsp3) is 0.542. The highest BCUT2D eigenvalue weighted by molar-refractivity contribution is 5.73. The molecule has 2 fully saturated rings. The van der Waals surface area contributed by atoms with Crippen molar-refractivity contribution in [3.05, 3.63) is 42.1 Å². The molecule has 1 N–H and O–H groups in total. The van der Waals surface area contributed by atoms with Crippen LogP contribution in [-0.2, 0) is 4.79 Å². The first-order valence-electron chi connectivity index (χ1n) is 11.2. The summed E-state index contributed by atoms with van der Waals surface area (Å²) in [6.07, 6.45) is 5.30. The molecule has 0 aliphatic carbocycles. The van der Waals surface area contributed by atoms with Crippen molar-refractivity contribution in [1.82, 2.24) is 15.3 Å². The first-order chi connectivity index (χ1) is 14.8. The fourth-order valence-electron chi connectivity index (χ4n) is 4.57. The van der Waals surface area contributed by atoms with Gasteiger partial charge in [0.05, 0.1) is 12.6 Å². The molecule has 2 saturated heterocycles. The Balaban J connectivity index is 1.37. The van der Waals surface area contributed by atoms with Gasteiger partial charge in [-0.3, -0.25) is 4.79 Å². The number of carbonyl (C=O) groups is 1. The normalized spacial score (nSPS) is 21.2. The molecular formula is C24H33N5O2. The molecule has 1 amide bonds. The standard InChI is InChI=1S/C24H33N5O2/c1-17(26-18(2)30)19-6-8-20(9-7-19)31-21-11-15-28(16-21)22-10-13-25-23(27-22)29-14-5-12-24(29,3)4/h6-10,13,17,21H,5,11-12,14-16H2,1-4H3,(H,26,30)/t17-,21+/m0/s1. The van der Waals surface area contributed by atoms with Crippen LogP contribution in [0.2, 0.25) is 0 Å². The van der Waals surface area contributed by atoms with E-state index in [-0.39, 0.29) is 23.6 Å². The Morgan fingerprint density at radius 2 is 2.00 bits per heavy atom. The molecule has 2 aromatic rings. The molecule has 7 nitrogen and oxygen atoms in total. The number of ether oxygens (including phenoxy) is 1. The highest BCUT2D eigenvalue weighted by Gasteiger charge is 2.34. The average Bonchev–Trinajstić information content (AvgIpc) is 3.34. The van der Waals surface area contributed by atoms with Gasteiger partial charge in [-0.05, 0) is 57.4 Å². The molecule has 1 aromatic heterocycles. The van der Waals surface area contributed by atoms with Gasteiger partial charge in [0, 0.05) is 38.2 Å². The van der Waals surface area contributed by atoms with E-state index >= 15 is 0 Å². The summed E-state index contributed by atoms with van der Waals surface area (Å²) in [4.78, 5) is 25.3. The van der Waals surface area contributed by atoms with Crippen LogP contribution >= 0.6 is 0 Å². The zero-order chi connectivity index (χ0) is 22.0. The number of hydrogen-bond donors (Lipinski definition) is 1. The summed E-state index contributed by atoms with van der Waals surface area (Å²) in [5.74, 6) is 2.62. The Labute approximate surface area is 184 Å². The summed E-state index contributed by atoms with van der Waals surface area (Å²) in [5, 5.41) is 2.90. The van der Waals surface area contributed by atoms with E-state index in [9.17, 15) is 4.79 Å². The minimum absolute atomic E-state index is 0.0129. The van der Waals surface area contributed by atoms with Gasteiger partial charge in [-0.2, -0.15) is 4.98 Å². The first kappa shape index (κ1) is 21.4. The number of benzene rings is 1. The van der Waals surface area contributed by atoms with E-state index in [4.69, 9.17) is 9.72 Å². The van der Waals surface area contributed by atoms with Gasteiger partial charge in [0.25, 0.3) is 0 Å². The van der Waals surface area contributed by atoms with Crippen molar-refractivity contribution in [1.29, 1.82) is 0 Å². The van der Waals surface area contributed by atoms with Crippen molar-refractivity contribution >= 4 is 17.7 Å². The minimum atomic E-state index is -0.0277. The Kier molecular flexibility index (Phi) is 6.03. The van der Waals surface area contributed by atoms with Gasteiger partial charge in [0.2, 0.25) is 11.9 Å². The lowest BCUT2D eigenvalue weighted by molar-refractivity contribution is -0.119. The lowest BCUT2D eigenvalue weighted by atomic mass is 10.0. The van der Waals surface area contributed by atoms with Crippen LogP contribution in [0.5, 0.6) is 5.75 Å². The molecule has 166 valence electrons. The van der Waals surface area contributed by atoms with Crippen molar-refractivity contribution in [3.63, 3.8) is 0 Å². The maximum atomic E-state index is 11.2. The van der Waals surface area contributed by atoms with Crippen LogP contribution in [0.1, 0.15) is 58.6 Å². The molecule has 0 radical (unpaired) electrons. The molecule has 0 saturated carbocycles. The summed E-state index contributed by atoms with van der Waals surface area (Å²) in [5.41, 5.74) is 1.17. The number of hydrogen-bond acceptors (Lipinski definition) is 6. The van der Waals surface area contributed by atoms with Crippen molar-refractivity contribution in [2.24, 2.45) is 0 Å². The van der Waals surface area contributed by atoms with Crippen LogP contribution in [0.4, 0.5) is 11.8 Å². The Hall–Kier alpha value is -2.83. The fourth-order valence-corrected chi connectivity index (χ4v) is 4.57. The van der Waals surface area contributed by atoms with Gasteiger partial charge in [-0.1, -0.05) is 12.1 Å². The zero-order valence-electron chi connectivity index (χ0n) is 19.0. The van der Waals surface area contributed by atoms with Crippen LogP contribution in [0, 0.1) is 0 Å². The third-order valence-corrected chi connectivity index (χ3v) is 6.34. The largest absolute Gasteiger partial charge is 0.489 e. The Morgan fingerprint density at radius 3 is 2.68 bits per heavy atom. The van der Waals surface area contributed by atoms with Crippen molar-refractivity contribution in [3.8, 4) is 5.75 Å². The number of carbonyl (C=O) groups excluding carboxylic acids is 1. The maximum Gasteiger partial charge on any atom is 0.227 e. The minimum Gasteiger partial charge on any atom is -0.489 e. The van der Waals surface area contributed by atoms with Gasteiger partial charge in [-0.25, -0.2) is 4.98 Å². The summed E-state index contributed by atoms with van der Waals surface area (Å²) in [6, 6.07) is 9.96. The predicted octanol–water partition coefficient (Wildman–Crippen LogP) is 3.71. The van der Waals surface area contributed by atoms with Gasteiger partial charge < -0.3 is 19.9 Å². The molecule has 0 unspecified atom stereocenters. The molecule has 4 rings (SSSR count). The second-order valence-corrected chi connectivity index (χ2v) is 9.25. The highest BCUT2D eigenvalue weighted by atomic mass is 16.5. The molecule has 31 heavy (non-hydrogen) atoms. The van der Waals surface area contributed by atoms with Crippen LogP contribution in [-0.4, -0.2) is 47.2 Å². The summed E-state index contributed by atoms with van der Waals surface area (Å²) in [7, 11) is 0. The quantitative estimate of drug-likeness (QED) is 0.764. The van der Waals surface area contributed by atoms with Gasteiger partial charge >= 0.3 is 0 Å². The summed E-state index contributed by atoms with van der Waals surface area (Å²) >= 11 is 0. The van der Waals surface area contributed by atoms with E-state index < -0.39 is 0 Å². The van der Waals surface area contributed by atoms with Crippen molar-refractivity contribution in [2.75, 3.05) is 29.4 Å². The molecular weight excluding hydrogens is 390 g/mol. The first-order valence-corrected chi connectivity index (χ1v) is 11.2. The third-order valence-electron chi connectivity index (χ3n) is 6.34. The lowest BCUT2D eigenvalue weighted by Gasteiger charge is -2.32. The van der Waals surface area contributed by atoms with Crippen molar-refractivity contribution in [2.45, 2.75) is 64.6 Å². The number of amides is 1. The van der Waals surface area contributed by atoms with E-state index in [1.807, 2.05) is 43.5 Å². The highest BCUT2D eigenvalue weighted by Crippen LogP contribution is 2.32. The van der Waals surface area contributed by atoms with Gasteiger partial charge in [0.15, 0.2) is 0 Å². The second kappa shape index (κ2) is 8.73.